The molecular formula is C14H20N2O. The average molecular weight is 232 g/mol. The number of carbonyl (C=O) groups excluding carboxylic acids is 1. The van der Waals surface area contributed by atoms with Gasteiger partial charge < -0.3 is 10.6 Å². The number of nitrogens with two attached hydrogens (primary N) is 1. The van der Waals surface area contributed by atoms with E-state index >= 15 is 0 Å². The van der Waals surface area contributed by atoms with E-state index in [0.717, 1.165) is 37.1 Å². The zero-order valence-corrected chi connectivity index (χ0v) is 10.4. The van der Waals surface area contributed by atoms with E-state index in [-0.39, 0.29) is 5.92 Å². The van der Waals surface area contributed by atoms with Crippen molar-refractivity contribution in [1.82, 2.24) is 4.90 Å². The molecule has 0 bridgehead atoms. The second-order valence-corrected chi connectivity index (χ2v) is 4.73. The molecule has 1 amide bonds. The molecule has 1 aliphatic carbocycles. The maximum Gasteiger partial charge on any atom is 0.225 e. The van der Waals surface area contributed by atoms with Crippen molar-refractivity contribution < 1.29 is 4.79 Å². The summed E-state index contributed by atoms with van der Waals surface area (Å²) < 4.78 is 0. The van der Waals surface area contributed by atoms with Crippen LogP contribution in [0.3, 0.4) is 0 Å². The predicted octanol–water partition coefficient (Wildman–Crippen LogP) is 2.42. The van der Waals surface area contributed by atoms with Crippen LogP contribution in [0.1, 0.15) is 31.7 Å². The predicted molar refractivity (Wildman–Crippen MR) is 69.3 cm³/mol. The van der Waals surface area contributed by atoms with Gasteiger partial charge in [-0.1, -0.05) is 25.1 Å². The highest BCUT2D eigenvalue weighted by molar-refractivity contribution is 5.81. The molecule has 0 spiro atoms. The van der Waals surface area contributed by atoms with Gasteiger partial charge in [-0.3, -0.25) is 4.79 Å². The van der Waals surface area contributed by atoms with Gasteiger partial charge in [-0.15, -0.1) is 0 Å². The van der Waals surface area contributed by atoms with E-state index < -0.39 is 0 Å². The van der Waals surface area contributed by atoms with Crippen molar-refractivity contribution in [2.24, 2.45) is 5.92 Å². The van der Waals surface area contributed by atoms with Gasteiger partial charge in [-0.05, 0) is 30.9 Å². The molecule has 92 valence electrons. The first-order valence-electron chi connectivity index (χ1n) is 6.34. The van der Waals surface area contributed by atoms with Crippen molar-refractivity contribution in [3.05, 3.63) is 29.8 Å². The van der Waals surface area contributed by atoms with Crippen molar-refractivity contribution in [2.45, 2.75) is 32.7 Å². The lowest BCUT2D eigenvalue weighted by atomic mass is 10.1. The number of carbonyl (C=O) groups is 1. The van der Waals surface area contributed by atoms with Crippen LogP contribution in [0.15, 0.2) is 24.3 Å². The van der Waals surface area contributed by atoms with Gasteiger partial charge in [0.2, 0.25) is 5.91 Å². The number of benzene rings is 1. The zero-order valence-electron chi connectivity index (χ0n) is 10.4. The summed E-state index contributed by atoms with van der Waals surface area (Å²) in [6.07, 6.45) is 3.11. The van der Waals surface area contributed by atoms with Crippen LogP contribution in [0.4, 0.5) is 5.69 Å². The number of nitrogens with zero attached hydrogens (tertiary/aromatic N) is 1. The lowest BCUT2D eigenvalue weighted by Crippen LogP contribution is -2.32. The fourth-order valence-corrected chi connectivity index (χ4v) is 2.01. The van der Waals surface area contributed by atoms with Gasteiger partial charge in [0.1, 0.15) is 0 Å². The maximum atomic E-state index is 12.1. The largest absolute Gasteiger partial charge is 0.398 e. The van der Waals surface area contributed by atoms with Crippen LogP contribution in [-0.2, 0) is 11.3 Å². The van der Waals surface area contributed by atoms with Crippen molar-refractivity contribution in [3.8, 4) is 0 Å². The molecular weight excluding hydrogens is 212 g/mol. The molecule has 0 aliphatic heterocycles. The van der Waals surface area contributed by atoms with Gasteiger partial charge in [0, 0.05) is 24.7 Å². The fraction of sp³-hybridized carbons (Fsp3) is 0.500. The SMILES string of the molecule is CCCN(Cc1ccccc1N)C(=O)C1CC1. The summed E-state index contributed by atoms with van der Waals surface area (Å²) in [5.74, 6) is 0.585. The van der Waals surface area contributed by atoms with Crippen LogP contribution in [0.2, 0.25) is 0 Å². The van der Waals surface area contributed by atoms with Gasteiger partial charge in [0.25, 0.3) is 0 Å². The third-order valence-corrected chi connectivity index (χ3v) is 3.15. The van der Waals surface area contributed by atoms with Crippen LogP contribution in [-0.4, -0.2) is 17.4 Å². The Bertz CT molecular complexity index is 399. The summed E-state index contributed by atoms with van der Waals surface area (Å²) in [6.45, 7) is 3.57. The van der Waals surface area contributed by atoms with Crippen molar-refractivity contribution in [3.63, 3.8) is 0 Å². The highest BCUT2D eigenvalue weighted by Gasteiger charge is 2.33. The first-order valence-corrected chi connectivity index (χ1v) is 6.34. The molecule has 3 heteroatoms. The smallest absolute Gasteiger partial charge is 0.225 e. The molecule has 2 rings (SSSR count). The minimum atomic E-state index is 0.284. The first-order chi connectivity index (χ1) is 8.22. The topological polar surface area (TPSA) is 46.3 Å². The highest BCUT2D eigenvalue weighted by atomic mass is 16.2. The van der Waals surface area contributed by atoms with E-state index in [4.69, 9.17) is 5.73 Å². The zero-order chi connectivity index (χ0) is 12.3. The van der Waals surface area contributed by atoms with Crippen molar-refractivity contribution in [2.75, 3.05) is 12.3 Å². The van der Waals surface area contributed by atoms with E-state index in [9.17, 15) is 4.79 Å². The second-order valence-electron chi connectivity index (χ2n) is 4.73. The molecule has 0 radical (unpaired) electrons. The monoisotopic (exact) mass is 232 g/mol. The van der Waals surface area contributed by atoms with Crippen LogP contribution >= 0.6 is 0 Å². The molecule has 1 aliphatic rings. The first kappa shape index (κ1) is 12.0. The molecule has 1 aromatic carbocycles. The Hall–Kier alpha value is -1.51. The second kappa shape index (κ2) is 5.21. The molecule has 0 unspecified atom stereocenters. The molecule has 0 aromatic heterocycles. The summed E-state index contributed by atoms with van der Waals surface area (Å²) in [5, 5.41) is 0. The molecule has 0 atom stereocenters. The van der Waals surface area contributed by atoms with Crippen LogP contribution in [0.25, 0.3) is 0 Å². The average Bonchev–Trinajstić information content (AvgIpc) is 3.14. The normalized spacial score (nSPS) is 14.6. The van der Waals surface area contributed by atoms with E-state index in [1.165, 1.54) is 0 Å². The van der Waals surface area contributed by atoms with Gasteiger partial charge in [0.05, 0.1) is 0 Å². The molecule has 1 fully saturated rings. The molecule has 2 N–H and O–H groups in total. The number of hydrogen-bond acceptors (Lipinski definition) is 2. The number of amides is 1. The third-order valence-electron chi connectivity index (χ3n) is 3.15. The van der Waals surface area contributed by atoms with Crippen LogP contribution < -0.4 is 5.73 Å². The van der Waals surface area contributed by atoms with Gasteiger partial charge in [-0.25, -0.2) is 0 Å². The Morgan fingerprint density at radius 3 is 2.71 bits per heavy atom. The van der Waals surface area contributed by atoms with Crippen molar-refractivity contribution >= 4 is 11.6 Å². The molecule has 1 aromatic rings. The Balaban J connectivity index is 2.06. The fourth-order valence-electron chi connectivity index (χ4n) is 2.01. The summed E-state index contributed by atoms with van der Waals surface area (Å²) in [6, 6.07) is 7.78. The molecule has 0 saturated heterocycles. The Morgan fingerprint density at radius 2 is 2.12 bits per heavy atom. The number of para-hydroxylation sites is 1. The number of rotatable bonds is 5. The van der Waals surface area contributed by atoms with E-state index in [0.29, 0.717) is 12.5 Å². The van der Waals surface area contributed by atoms with Crippen LogP contribution in [0, 0.1) is 5.92 Å². The van der Waals surface area contributed by atoms with Crippen LogP contribution in [0.5, 0.6) is 0 Å². The molecule has 17 heavy (non-hydrogen) atoms. The summed E-state index contributed by atoms with van der Waals surface area (Å²) in [7, 11) is 0. The number of nitrogen functional groups attached to an aromatic ring is 1. The van der Waals surface area contributed by atoms with E-state index in [2.05, 4.69) is 6.92 Å². The quantitative estimate of drug-likeness (QED) is 0.792. The van der Waals surface area contributed by atoms with Gasteiger partial charge in [0.15, 0.2) is 0 Å². The van der Waals surface area contributed by atoms with E-state index in [1.54, 1.807) is 0 Å². The number of anilines is 1. The maximum absolute atomic E-state index is 12.1. The Morgan fingerprint density at radius 1 is 1.41 bits per heavy atom. The molecule has 3 nitrogen and oxygen atoms in total. The minimum Gasteiger partial charge on any atom is -0.398 e. The Labute approximate surface area is 103 Å². The van der Waals surface area contributed by atoms with Gasteiger partial charge >= 0.3 is 0 Å². The highest BCUT2D eigenvalue weighted by Crippen LogP contribution is 2.31. The lowest BCUT2D eigenvalue weighted by Gasteiger charge is -2.23. The van der Waals surface area contributed by atoms with Crippen molar-refractivity contribution in [1.29, 1.82) is 0 Å². The molecule has 1 saturated carbocycles. The lowest BCUT2D eigenvalue weighted by molar-refractivity contribution is -0.133. The number of hydrogen-bond donors (Lipinski definition) is 1. The minimum absolute atomic E-state index is 0.284. The Kier molecular flexibility index (Phi) is 3.67. The summed E-state index contributed by atoms with van der Waals surface area (Å²) >= 11 is 0. The summed E-state index contributed by atoms with van der Waals surface area (Å²) in [4.78, 5) is 14.0. The molecule has 0 heterocycles. The van der Waals surface area contributed by atoms with E-state index in [1.807, 2.05) is 29.2 Å². The third kappa shape index (κ3) is 2.99. The summed E-state index contributed by atoms with van der Waals surface area (Å²) in [5.41, 5.74) is 7.74. The standard InChI is InChI=1S/C14H20N2O/c1-2-9-16(14(17)11-7-8-11)10-12-5-3-4-6-13(12)15/h3-6,11H,2,7-10,15H2,1H3. The van der Waals surface area contributed by atoms with Gasteiger partial charge in [-0.2, -0.15) is 0 Å².